The molecule has 1 aliphatic rings. The zero-order chi connectivity index (χ0) is 13.1. The van der Waals surface area contributed by atoms with E-state index in [-0.39, 0.29) is 17.0 Å². The van der Waals surface area contributed by atoms with Crippen LogP contribution in [0.25, 0.3) is 0 Å². The fourth-order valence-corrected chi connectivity index (χ4v) is 3.83. The van der Waals surface area contributed by atoms with E-state index in [1.807, 2.05) is 0 Å². The van der Waals surface area contributed by atoms with Crippen molar-refractivity contribution < 1.29 is 17.9 Å². The summed E-state index contributed by atoms with van der Waals surface area (Å²) < 4.78 is 30.8. The van der Waals surface area contributed by atoms with Crippen LogP contribution < -0.4 is 0 Å². The summed E-state index contributed by atoms with van der Waals surface area (Å²) in [4.78, 5) is 11.0. The van der Waals surface area contributed by atoms with E-state index >= 15 is 0 Å². The monoisotopic (exact) mass is 282 g/mol. The molecule has 1 heterocycles. The molecule has 1 saturated heterocycles. The summed E-state index contributed by atoms with van der Waals surface area (Å²) in [6, 6.07) is 0. The van der Waals surface area contributed by atoms with Crippen LogP contribution in [-0.2, 0) is 19.7 Å². The molecular weight excluding hydrogens is 264 g/mol. The summed E-state index contributed by atoms with van der Waals surface area (Å²) in [5.41, 5.74) is 0. The predicted octanol–water partition coefficient (Wildman–Crippen LogP) is -0.227. The molecule has 1 rings (SSSR count). The molecule has 0 N–H and O–H groups in total. The van der Waals surface area contributed by atoms with E-state index in [9.17, 15) is 13.2 Å². The van der Waals surface area contributed by atoms with Crippen molar-refractivity contribution >= 4 is 27.9 Å². The number of carbonyl (C=O) groups excluding carboxylic acids is 1. The predicted molar refractivity (Wildman–Crippen MR) is 67.1 cm³/mol. The lowest BCUT2D eigenvalue weighted by Crippen LogP contribution is -2.38. The van der Waals surface area contributed by atoms with Crippen molar-refractivity contribution in [1.82, 2.24) is 8.61 Å². The molecule has 6 nitrogen and oxygen atoms in total. The smallest absolute Gasteiger partial charge is 0.315 e. The summed E-state index contributed by atoms with van der Waals surface area (Å²) in [5.74, 6) is 0.000669. The molecule has 0 saturated carbocycles. The highest BCUT2D eigenvalue weighted by atomic mass is 32.2. The molecule has 0 aromatic rings. The van der Waals surface area contributed by atoms with Gasteiger partial charge >= 0.3 is 5.97 Å². The number of thioether (sulfide) groups is 1. The van der Waals surface area contributed by atoms with Gasteiger partial charge in [0.2, 0.25) is 0 Å². The maximum absolute atomic E-state index is 11.8. The molecule has 0 bridgehead atoms. The van der Waals surface area contributed by atoms with E-state index in [1.54, 1.807) is 0 Å². The molecule has 0 unspecified atom stereocenters. The van der Waals surface area contributed by atoms with Gasteiger partial charge in [0.15, 0.2) is 0 Å². The quantitative estimate of drug-likeness (QED) is 0.652. The Labute approximate surface area is 106 Å². The van der Waals surface area contributed by atoms with Gasteiger partial charge in [-0.25, -0.2) is 0 Å². The molecule has 0 aromatic heterocycles. The Hall–Kier alpha value is -0.310. The van der Waals surface area contributed by atoms with Crippen LogP contribution in [-0.4, -0.2) is 68.3 Å². The van der Waals surface area contributed by atoms with Gasteiger partial charge in [-0.1, -0.05) is 0 Å². The Kier molecular flexibility index (Phi) is 5.23. The lowest BCUT2D eigenvalue weighted by molar-refractivity contribution is -0.137. The first kappa shape index (κ1) is 14.7. The van der Waals surface area contributed by atoms with Crippen molar-refractivity contribution in [2.75, 3.05) is 40.0 Å². The standard InChI is InChI=1S/C9H18N2O4S2/c1-10(2)17(13,14)11-5-4-8(6-11)16-7-9(12)15-3/h8H,4-7H2,1-3H3/t8-/m0/s1. The van der Waals surface area contributed by atoms with Gasteiger partial charge < -0.3 is 4.74 Å². The highest BCUT2D eigenvalue weighted by Gasteiger charge is 2.33. The fraction of sp³-hybridized carbons (Fsp3) is 0.889. The maximum Gasteiger partial charge on any atom is 0.315 e. The summed E-state index contributed by atoms with van der Waals surface area (Å²) in [7, 11) is 1.07. The molecule has 1 aliphatic heterocycles. The second-order valence-electron chi connectivity index (χ2n) is 3.95. The molecule has 1 fully saturated rings. The number of carbonyl (C=O) groups is 1. The third-order valence-corrected chi connectivity index (χ3v) is 5.73. The number of methoxy groups -OCH3 is 1. The van der Waals surface area contributed by atoms with Crippen molar-refractivity contribution in [3.63, 3.8) is 0 Å². The van der Waals surface area contributed by atoms with Crippen LogP contribution in [0.4, 0.5) is 0 Å². The van der Waals surface area contributed by atoms with Gasteiger partial charge in [-0.15, -0.1) is 11.8 Å². The van der Waals surface area contributed by atoms with Crippen LogP contribution in [0.5, 0.6) is 0 Å². The number of rotatable bonds is 5. The van der Waals surface area contributed by atoms with E-state index in [0.717, 1.165) is 6.42 Å². The largest absolute Gasteiger partial charge is 0.468 e. The maximum atomic E-state index is 11.8. The second kappa shape index (κ2) is 6.03. The molecule has 8 heteroatoms. The van der Waals surface area contributed by atoms with Gasteiger partial charge in [0, 0.05) is 32.4 Å². The molecule has 0 aromatic carbocycles. The Morgan fingerprint density at radius 2 is 2.18 bits per heavy atom. The van der Waals surface area contributed by atoms with Gasteiger partial charge in [-0.05, 0) is 6.42 Å². The van der Waals surface area contributed by atoms with Crippen LogP contribution in [0, 0.1) is 0 Å². The number of nitrogens with zero attached hydrogens (tertiary/aromatic N) is 2. The average molecular weight is 282 g/mol. The topological polar surface area (TPSA) is 66.9 Å². The van der Waals surface area contributed by atoms with Gasteiger partial charge in [0.1, 0.15) is 0 Å². The molecule has 0 spiro atoms. The normalized spacial score (nSPS) is 22.0. The highest BCUT2D eigenvalue weighted by Crippen LogP contribution is 2.25. The molecule has 0 radical (unpaired) electrons. The van der Waals surface area contributed by atoms with Crippen LogP contribution in [0.1, 0.15) is 6.42 Å². The van der Waals surface area contributed by atoms with Crippen molar-refractivity contribution in [3.05, 3.63) is 0 Å². The van der Waals surface area contributed by atoms with Gasteiger partial charge in [-0.3, -0.25) is 4.79 Å². The summed E-state index contributed by atoms with van der Waals surface area (Å²) in [6.45, 7) is 0.974. The average Bonchev–Trinajstić information content (AvgIpc) is 2.74. The van der Waals surface area contributed by atoms with E-state index in [2.05, 4.69) is 4.74 Å². The van der Waals surface area contributed by atoms with Crippen LogP contribution in [0.2, 0.25) is 0 Å². The number of hydrogen-bond acceptors (Lipinski definition) is 5. The van der Waals surface area contributed by atoms with E-state index in [1.165, 1.54) is 41.6 Å². The molecule has 0 amide bonds. The molecule has 0 aliphatic carbocycles. The van der Waals surface area contributed by atoms with Gasteiger partial charge in [0.05, 0.1) is 12.9 Å². The van der Waals surface area contributed by atoms with Crippen LogP contribution in [0.3, 0.4) is 0 Å². The van der Waals surface area contributed by atoms with Crippen molar-refractivity contribution in [3.8, 4) is 0 Å². The summed E-state index contributed by atoms with van der Waals surface area (Å²) >= 11 is 1.45. The Morgan fingerprint density at radius 1 is 1.53 bits per heavy atom. The van der Waals surface area contributed by atoms with E-state index in [0.29, 0.717) is 13.1 Å². The molecular formula is C9H18N2O4S2. The second-order valence-corrected chi connectivity index (χ2v) is 7.38. The fourth-order valence-electron chi connectivity index (χ4n) is 1.52. The van der Waals surface area contributed by atoms with Crippen LogP contribution >= 0.6 is 11.8 Å². The van der Waals surface area contributed by atoms with E-state index < -0.39 is 10.2 Å². The minimum atomic E-state index is -3.32. The first-order valence-electron chi connectivity index (χ1n) is 5.24. The third kappa shape index (κ3) is 3.84. The Bertz CT molecular complexity index is 369. The van der Waals surface area contributed by atoms with Crippen molar-refractivity contribution in [1.29, 1.82) is 0 Å². The number of hydrogen-bond donors (Lipinski definition) is 0. The molecule has 17 heavy (non-hydrogen) atoms. The summed E-state index contributed by atoms with van der Waals surface area (Å²) in [5, 5.41) is 0.170. The minimum absolute atomic E-state index is 0.170. The number of esters is 1. The van der Waals surface area contributed by atoms with Crippen LogP contribution in [0.15, 0.2) is 0 Å². The molecule has 1 atom stereocenters. The summed E-state index contributed by atoms with van der Waals surface area (Å²) in [6.07, 6.45) is 0.773. The number of ether oxygens (including phenoxy) is 1. The highest BCUT2D eigenvalue weighted by molar-refractivity contribution is 8.00. The van der Waals surface area contributed by atoms with Gasteiger partial charge in [0.25, 0.3) is 10.2 Å². The zero-order valence-electron chi connectivity index (χ0n) is 10.2. The molecule has 100 valence electrons. The lowest BCUT2D eigenvalue weighted by Gasteiger charge is -2.20. The van der Waals surface area contributed by atoms with Crippen molar-refractivity contribution in [2.24, 2.45) is 0 Å². The lowest BCUT2D eigenvalue weighted by atomic mass is 10.4. The SMILES string of the molecule is COC(=O)CS[C@H]1CCN(S(=O)(=O)N(C)C)C1. The first-order valence-corrected chi connectivity index (χ1v) is 7.68. The Balaban J connectivity index is 2.45. The zero-order valence-corrected chi connectivity index (χ0v) is 11.9. The van der Waals surface area contributed by atoms with Gasteiger partial charge in [-0.2, -0.15) is 17.0 Å². The minimum Gasteiger partial charge on any atom is -0.468 e. The Morgan fingerprint density at radius 3 is 2.71 bits per heavy atom. The third-order valence-electron chi connectivity index (χ3n) is 2.56. The van der Waals surface area contributed by atoms with E-state index in [4.69, 9.17) is 0 Å². The van der Waals surface area contributed by atoms with Crippen molar-refractivity contribution in [2.45, 2.75) is 11.7 Å². The first-order chi connectivity index (χ1) is 7.87.